The number of pyridine rings is 1. The summed E-state index contributed by atoms with van der Waals surface area (Å²) >= 11 is 18.0. The average molecular weight is 289 g/mol. The number of benzene rings is 1. The number of methoxy groups -OCH3 is 1. The lowest BCUT2D eigenvalue weighted by molar-refractivity contribution is 0.398. The predicted molar refractivity (Wildman–Crippen MR) is 71.3 cm³/mol. The van der Waals surface area contributed by atoms with Crippen LogP contribution in [0.25, 0.3) is 11.1 Å². The molecule has 0 unspecified atom stereocenters. The quantitative estimate of drug-likeness (QED) is 0.746. The Kier molecular flexibility index (Phi) is 3.77. The third kappa shape index (κ3) is 2.49. The van der Waals surface area contributed by atoms with Crippen LogP contribution in [0.5, 0.6) is 5.88 Å². The molecule has 88 valence electrons. The molecule has 1 heterocycles. The Morgan fingerprint density at radius 3 is 2.35 bits per heavy atom. The third-order valence-corrected chi connectivity index (χ3v) is 3.59. The summed E-state index contributed by atoms with van der Waals surface area (Å²) in [5.74, 6) is 0.546. The molecule has 0 aliphatic heterocycles. The minimum Gasteiger partial charge on any atom is -0.481 e. The molecule has 0 saturated heterocycles. The van der Waals surface area contributed by atoms with E-state index in [1.54, 1.807) is 31.5 Å². The van der Waals surface area contributed by atoms with Crippen LogP contribution >= 0.6 is 34.8 Å². The summed E-state index contributed by atoms with van der Waals surface area (Å²) in [4.78, 5) is 4.11. The number of hydrogen-bond donors (Lipinski definition) is 0. The second kappa shape index (κ2) is 5.13. The van der Waals surface area contributed by atoms with Crippen LogP contribution in [0.1, 0.15) is 0 Å². The van der Waals surface area contributed by atoms with Gasteiger partial charge in [0.05, 0.1) is 22.2 Å². The van der Waals surface area contributed by atoms with Crippen molar-refractivity contribution in [2.75, 3.05) is 7.11 Å². The van der Waals surface area contributed by atoms with E-state index >= 15 is 0 Å². The summed E-state index contributed by atoms with van der Waals surface area (Å²) in [6.45, 7) is 0. The second-order valence-corrected chi connectivity index (χ2v) is 4.48. The highest BCUT2D eigenvalue weighted by Gasteiger charge is 2.10. The van der Waals surface area contributed by atoms with Crippen LogP contribution in [0.4, 0.5) is 0 Å². The lowest BCUT2D eigenvalue weighted by atomic mass is 10.1. The first kappa shape index (κ1) is 12.5. The highest BCUT2D eigenvalue weighted by atomic mass is 35.5. The largest absolute Gasteiger partial charge is 0.481 e. The second-order valence-electron chi connectivity index (χ2n) is 3.31. The zero-order valence-corrected chi connectivity index (χ0v) is 11.1. The van der Waals surface area contributed by atoms with Crippen molar-refractivity contribution in [3.05, 3.63) is 45.5 Å². The number of nitrogens with zero attached hydrogens (tertiary/aromatic N) is 1. The lowest BCUT2D eigenvalue weighted by Crippen LogP contribution is -1.88. The molecule has 2 nitrogen and oxygen atoms in total. The van der Waals surface area contributed by atoms with E-state index in [1.807, 2.05) is 6.07 Å². The average Bonchev–Trinajstić information content (AvgIpc) is 2.36. The van der Waals surface area contributed by atoms with E-state index in [1.165, 1.54) is 0 Å². The van der Waals surface area contributed by atoms with E-state index in [4.69, 9.17) is 39.5 Å². The van der Waals surface area contributed by atoms with Gasteiger partial charge in [-0.1, -0.05) is 40.9 Å². The number of halogens is 3. The fourth-order valence-corrected chi connectivity index (χ4v) is 2.05. The first-order valence-electron chi connectivity index (χ1n) is 4.77. The Morgan fingerprint density at radius 2 is 1.76 bits per heavy atom. The maximum absolute atomic E-state index is 6.13. The number of hydrogen-bond acceptors (Lipinski definition) is 2. The molecular formula is C12H8Cl3NO. The van der Waals surface area contributed by atoms with Crippen LogP contribution in [0.2, 0.25) is 15.1 Å². The molecule has 0 amide bonds. The standard InChI is InChI=1S/C12H8Cl3NO/c1-17-10-5-2-7(6-16-10)8-3-4-9(13)12(15)11(8)14/h2-6H,1H3. The molecular weight excluding hydrogens is 280 g/mol. The van der Waals surface area contributed by atoms with Gasteiger partial charge in [-0.2, -0.15) is 0 Å². The monoisotopic (exact) mass is 287 g/mol. The SMILES string of the molecule is COc1ccc(-c2ccc(Cl)c(Cl)c2Cl)cn1. The Morgan fingerprint density at radius 1 is 1.00 bits per heavy atom. The summed E-state index contributed by atoms with van der Waals surface area (Å²) in [6, 6.07) is 7.13. The van der Waals surface area contributed by atoms with Gasteiger partial charge < -0.3 is 4.74 Å². The van der Waals surface area contributed by atoms with Crippen molar-refractivity contribution in [3.63, 3.8) is 0 Å². The molecule has 0 N–H and O–H groups in total. The van der Waals surface area contributed by atoms with Crippen molar-refractivity contribution in [2.45, 2.75) is 0 Å². The van der Waals surface area contributed by atoms with Gasteiger partial charge in [0.25, 0.3) is 0 Å². The van der Waals surface area contributed by atoms with Crippen LogP contribution in [0.3, 0.4) is 0 Å². The molecule has 0 aliphatic carbocycles. The van der Waals surface area contributed by atoms with Gasteiger partial charge >= 0.3 is 0 Å². The Hall–Kier alpha value is -0.960. The van der Waals surface area contributed by atoms with E-state index < -0.39 is 0 Å². The van der Waals surface area contributed by atoms with Crippen LogP contribution in [-0.4, -0.2) is 12.1 Å². The van der Waals surface area contributed by atoms with Crippen LogP contribution < -0.4 is 4.74 Å². The summed E-state index contributed by atoms with van der Waals surface area (Å²) in [7, 11) is 1.56. The van der Waals surface area contributed by atoms with Crippen LogP contribution in [0.15, 0.2) is 30.5 Å². The zero-order chi connectivity index (χ0) is 12.4. The molecule has 1 aromatic heterocycles. The molecule has 2 rings (SSSR count). The van der Waals surface area contributed by atoms with E-state index in [9.17, 15) is 0 Å². The van der Waals surface area contributed by atoms with E-state index in [0.29, 0.717) is 20.9 Å². The zero-order valence-electron chi connectivity index (χ0n) is 8.88. The molecule has 2 aromatic rings. The number of ether oxygens (including phenoxy) is 1. The van der Waals surface area contributed by atoms with E-state index in [2.05, 4.69) is 4.98 Å². The topological polar surface area (TPSA) is 22.1 Å². The predicted octanol–water partition coefficient (Wildman–Crippen LogP) is 4.72. The van der Waals surface area contributed by atoms with Crippen molar-refractivity contribution in [1.29, 1.82) is 0 Å². The fourth-order valence-electron chi connectivity index (χ4n) is 1.41. The van der Waals surface area contributed by atoms with Crippen molar-refractivity contribution in [2.24, 2.45) is 0 Å². The smallest absolute Gasteiger partial charge is 0.212 e. The van der Waals surface area contributed by atoms with E-state index in [0.717, 1.165) is 11.1 Å². The first-order valence-corrected chi connectivity index (χ1v) is 5.91. The van der Waals surface area contributed by atoms with Gasteiger partial charge in [0.2, 0.25) is 5.88 Å². The normalized spacial score (nSPS) is 10.4. The molecule has 0 atom stereocenters. The van der Waals surface area contributed by atoms with Gasteiger partial charge in [0, 0.05) is 23.4 Å². The highest BCUT2D eigenvalue weighted by Crippen LogP contribution is 2.37. The summed E-state index contributed by atoms with van der Waals surface area (Å²) in [5.41, 5.74) is 1.64. The van der Waals surface area contributed by atoms with Crippen molar-refractivity contribution in [1.82, 2.24) is 4.98 Å². The van der Waals surface area contributed by atoms with Gasteiger partial charge in [0.15, 0.2) is 0 Å². The Balaban J connectivity index is 2.49. The van der Waals surface area contributed by atoms with Gasteiger partial charge in [-0.3, -0.25) is 0 Å². The van der Waals surface area contributed by atoms with Gasteiger partial charge in [-0.15, -0.1) is 0 Å². The fraction of sp³-hybridized carbons (Fsp3) is 0.0833. The van der Waals surface area contributed by atoms with Crippen LogP contribution in [0, 0.1) is 0 Å². The Bertz CT molecular complexity index is 540. The van der Waals surface area contributed by atoms with Gasteiger partial charge in [-0.05, 0) is 12.1 Å². The third-order valence-electron chi connectivity index (χ3n) is 2.29. The molecule has 0 saturated carbocycles. The van der Waals surface area contributed by atoms with Crippen molar-refractivity contribution in [3.8, 4) is 17.0 Å². The Labute approximate surface area is 114 Å². The minimum atomic E-state index is 0.349. The molecule has 0 aliphatic rings. The maximum atomic E-state index is 6.13. The first-order chi connectivity index (χ1) is 8.13. The maximum Gasteiger partial charge on any atom is 0.212 e. The lowest BCUT2D eigenvalue weighted by Gasteiger charge is -2.07. The summed E-state index contributed by atoms with van der Waals surface area (Å²) in [5, 5.41) is 1.20. The molecule has 5 heteroatoms. The molecule has 0 spiro atoms. The number of rotatable bonds is 2. The van der Waals surface area contributed by atoms with Gasteiger partial charge in [0.1, 0.15) is 0 Å². The van der Waals surface area contributed by atoms with Crippen LogP contribution in [-0.2, 0) is 0 Å². The molecule has 17 heavy (non-hydrogen) atoms. The van der Waals surface area contributed by atoms with E-state index in [-0.39, 0.29) is 0 Å². The molecule has 0 radical (unpaired) electrons. The van der Waals surface area contributed by atoms with Crippen molar-refractivity contribution >= 4 is 34.8 Å². The molecule has 0 fully saturated rings. The molecule has 1 aromatic carbocycles. The highest BCUT2D eigenvalue weighted by molar-refractivity contribution is 6.49. The molecule has 0 bridgehead atoms. The number of aromatic nitrogens is 1. The van der Waals surface area contributed by atoms with Gasteiger partial charge in [-0.25, -0.2) is 4.98 Å². The summed E-state index contributed by atoms with van der Waals surface area (Å²) in [6.07, 6.45) is 1.67. The van der Waals surface area contributed by atoms with Crippen molar-refractivity contribution < 1.29 is 4.74 Å². The minimum absolute atomic E-state index is 0.349. The summed E-state index contributed by atoms with van der Waals surface area (Å²) < 4.78 is 4.99.